The van der Waals surface area contributed by atoms with E-state index in [1.165, 1.54) is 20.2 Å². The Morgan fingerprint density at radius 3 is 2.65 bits per heavy atom. The lowest BCUT2D eigenvalue weighted by atomic mass is 10.2. The van der Waals surface area contributed by atoms with Gasteiger partial charge >= 0.3 is 5.91 Å². The number of halogens is 2. The van der Waals surface area contributed by atoms with E-state index in [4.69, 9.17) is 5.26 Å². The van der Waals surface area contributed by atoms with Crippen molar-refractivity contribution in [1.82, 2.24) is 4.90 Å². The van der Waals surface area contributed by atoms with Gasteiger partial charge in [0.1, 0.15) is 5.82 Å². The Bertz CT molecular complexity index is 483. The first-order chi connectivity index (χ1) is 7.99. The van der Waals surface area contributed by atoms with Gasteiger partial charge in [-0.15, -0.1) is 0 Å². The van der Waals surface area contributed by atoms with Crippen molar-refractivity contribution in [2.24, 2.45) is 0 Å². The monoisotopic (exact) mass is 240 g/mol. The largest absolute Gasteiger partial charge is 0.494 e. The van der Waals surface area contributed by atoms with Gasteiger partial charge in [-0.3, -0.25) is 4.79 Å². The number of amides is 1. The zero-order valence-electron chi connectivity index (χ0n) is 9.33. The number of rotatable bonds is 3. The van der Waals surface area contributed by atoms with Gasteiger partial charge in [-0.25, -0.2) is 8.78 Å². The Labute approximate surface area is 97.0 Å². The van der Waals surface area contributed by atoms with E-state index in [2.05, 4.69) is 4.74 Å². The van der Waals surface area contributed by atoms with E-state index in [1.54, 1.807) is 0 Å². The summed E-state index contributed by atoms with van der Waals surface area (Å²) < 4.78 is 31.4. The SMILES string of the molecule is COc1cc(F)c(CN(C)C(=O)C#N)cc1F. The molecule has 0 saturated carbocycles. The molecule has 0 aliphatic rings. The van der Waals surface area contributed by atoms with Crippen molar-refractivity contribution >= 4 is 5.91 Å². The van der Waals surface area contributed by atoms with Gasteiger partial charge in [-0.05, 0) is 6.07 Å². The second kappa shape index (κ2) is 5.25. The third kappa shape index (κ3) is 2.91. The number of nitriles is 1. The van der Waals surface area contributed by atoms with Crippen LogP contribution in [-0.4, -0.2) is 25.0 Å². The van der Waals surface area contributed by atoms with E-state index < -0.39 is 17.5 Å². The Kier molecular flexibility index (Phi) is 3.99. The molecule has 1 aromatic carbocycles. The summed E-state index contributed by atoms with van der Waals surface area (Å²) in [5.41, 5.74) is -0.0191. The summed E-state index contributed by atoms with van der Waals surface area (Å²) in [7, 11) is 2.55. The lowest BCUT2D eigenvalue weighted by Crippen LogP contribution is -2.25. The second-order valence-corrected chi connectivity index (χ2v) is 3.35. The van der Waals surface area contributed by atoms with E-state index >= 15 is 0 Å². The van der Waals surface area contributed by atoms with Crippen molar-refractivity contribution < 1.29 is 18.3 Å². The highest BCUT2D eigenvalue weighted by Gasteiger charge is 2.14. The Balaban J connectivity index is 2.97. The molecular formula is C11H10F2N2O2. The quantitative estimate of drug-likeness (QED) is 0.751. The lowest BCUT2D eigenvalue weighted by molar-refractivity contribution is -0.124. The molecule has 0 aliphatic heterocycles. The third-order valence-electron chi connectivity index (χ3n) is 2.17. The fourth-order valence-corrected chi connectivity index (χ4v) is 1.26. The molecule has 6 heteroatoms. The zero-order valence-corrected chi connectivity index (χ0v) is 9.33. The predicted octanol–water partition coefficient (Wildman–Crippen LogP) is 1.46. The minimum Gasteiger partial charge on any atom is -0.494 e. The van der Waals surface area contributed by atoms with Crippen LogP contribution < -0.4 is 4.74 Å². The number of hydrogen-bond acceptors (Lipinski definition) is 3. The van der Waals surface area contributed by atoms with Crippen LogP contribution in [0.4, 0.5) is 8.78 Å². The molecule has 1 amide bonds. The van der Waals surface area contributed by atoms with Crippen molar-refractivity contribution in [1.29, 1.82) is 5.26 Å². The van der Waals surface area contributed by atoms with Gasteiger partial charge in [0.2, 0.25) is 0 Å². The van der Waals surface area contributed by atoms with E-state index in [1.807, 2.05) is 0 Å². The summed E-state index contributed by atoms with van der Waals surface area (Å²) in [6.45, 7) is -0.181. The Hall–Kier alpha value is -2.16. The molecule has 0 N–H and O–H groups in total. The molecule has 4 nitrogen and oxygen atoms in total. The van der Waals surface area contributed by atoms with Crippen LogP contribution in [0.3, 0.4) is 0 Å². The molecule has 0 fully saturated rings. The van der Waals surface area contributed by atoms with Crippen LogP contribution in [0.2, 0.25) is 0 Å². The van der Waals surface area contributed by atoms with Crippen LogP contribution in [-0.2, 0) is 11.3 Å². The average molecular weight is 240 g/mol. The van der Waals surface area contributed by atoms with Crippen molar-refractivity contribution in [3.8, 4) is 11.8 Å². The molecule has 90 valence electrons. The van der Waals surface area contributed by atoms with Gasteiger partial charge in [0.05, 0.1) is 7.11 Å². The summed E-state index contributed by atoms with van der Waals surface area (Å²) in [6, 6.07) is 3.23. The van der Waals surface area contributed by atoms with Crippen LogP contribution in [0.25, 0.3) is 0 Å². The maximum Gasteiger partial charge on any atom is 0.325 e. The van der Waals surface area contributed by atoms with Crippen LogP contribution in [0.5, 0.6) is 5.75 Å². The van der Waals surface area contributed by atoms with Crippen LogP contribution in [0.15, 0.2) is 12.1 Å². The highest BCUT2D eigenvalue weighted by atomic mass is 19.1. The van der Waals surface area contributed by atoms with Crippen LogP contribution in [0, 0.1) is 23.0 Å². The molecule has 17 heavy (non-hydrogen) atoms. The van der Waals surface area contributed by atoms with Crippen molar-refractivity contribution in [3.63, 3.8) is 0 Å². The first-order valence-corrected chi connectivity index (χ1v) is 4.66. The lowest BCUT2D eigenvalue weighted by Gasteiger charge is -2.14. The molecule has 0 aliphatic carbocycles. The van der Waals surface area contributed by atoms with Crippen molar-refractivity contribution in [2.45, 2.75) is 6.54 Å². The first kappa shape index (κ1) is 12.9. The van der Waals surface area contributed by atoms with Gasteiger partial charge in [-0.2, -0.15) is 5.26 Å². The number of hydrogen-bond donors (Lipinski definition) is 0. The number of benzene rings is 1. The maximum atomic E-state index is 13.5. The summed E-state index contributed by atoms with van der Waals surface area (Å²) in [4.78, 5) is 11.9. The number of nitrogens with zero attached hydrogens (tertiary/aromatic N) is 2. The smallest absolute Gasteiger partial charge is 0.325 e. The molecule has 1 rings (SSSR count). The number of methoxy groups -OCH3 is 1. The van der Waals surface area contributed by atoms with E-state index in [-0.39, 0.29) is 17.9 Å². The predicted molar refractivity (Wildman–Crippen MR) is 55.0 cm³/mol. The average Bonchev–Trinajstić information content (AvgIpc) is 2.32. The van der Waals surface area contributed by atoms with Gasteiger partial charge < -0.3 is 9.64 Å². The molecule has 0 atom stereocenters. The molecule has 0 radical (unpaired) electrons. The topological polar surface area (TPSA) is 53.3 Å². The normalized spacial score (nSPS) is 9.59. The second-order valence-electron chi connectivity index (χ2n) is 3.35. The van der Waals surface area contributed by atoms with E-state index in [9.17, 15) is 13.6 Å². The number of ether oxygens (including phenoxy) is 1. The summed E-state index contributed by atoms with van der Waals surface area (Å²) in [6.07, 6.45) is 0. The Morgan fingerprint density at radius 2 is 2.12 bits per heavy atom. The minimum absolute atomic E-state index is 0.0191. The highest BCUT2D eigenvalue weighted by Crippen LogP contribution is 2.21. The summed E-state index contributed by atoms with van der Waals surface area (Å²) in [5, 5.41) is 8.36. The van der Waals surface area contributed by atoms with Crippen LogP contribution >= 0.6 is 0 Å². The number of carbonyl (C=O) groups excluding carboxylic acids is 1. The van der Waals surface area contributed by atoms with Crippen molar-refractivity contribution in [3.05, 3.63) is 29.3 Å². The van der Waals surface area contributed by atoms with Gasteiger partial charge in [0.25, 0.3) is 0 Å². The Morgan fingerprint density at radius 1 is 1.47 bits per heavy atom. The van der Waals surface area contributed by atoms with E-state index in [0.717, 1.165) is 17.0 Å². The fraction of sp³-hybridized carbons (Fsp3) is 0.273. The standard InChI is InChI=1S/C11H10F2N2O2/c1-15(11(16)5-14)6-7-3-9(13)10(17-2)4-8(7)12/h3-4H,6H2,1-2H3. The fourth-order valence-electron chi connectivity index (χ4n) is 1.26. The molecule has 0 aromatic heterocycles. The first-order valence-electron chi connectivity index (χ1n) is 4.66. The molecule has 0 saturated heterocycles. The third-order valence-corrected chi connectivity index (χ3v) is 2.17. The maximum absolute atomic E-state index is 13.5. The molecule has 0 bridgehead atoms. The summed E-state index contributed by atoms with van der Waals surface area (Å²) >= 11 is 0. The van der Waals surface area contributed by atoms with Gasteiger partial charge in [0, 0.05) is 25.2 Å². The van der Waals surface area contributed by atoms with Gasteiger partial charge in [0.15, 0.2) is 17.6 Å². The van der Waals surface area contributed by atoms with Crippen LogP contribution in [0.1, 0.15) is 5.56 Å². The van der Waals surface area contributed by atoms with Crippen molar-refractivity contribution in [2.75, 3.05) is 14.2 Å². The zero-order chi connectivity index (χ0) is 13.0. The molecule has 0 unspecified atom stereocenters. The number of carbonyl (C=O) groups is 1. The highest BCUT2D eigenvalue weighted by molar-refractivity contribution is 5.90. The van der Waals surface area contributed by atoms with E-state index in [0.29, 0.717) is 0 Å². The molecule has 0 heterocycles. The summed E-state index contributed by atoms with van der Waals surface area (Å²) in [5.74, 6) is -2.44. The molecular weight excluding hydrogens is 230 g/mol. The molecule has 0 spiro atoms. The minimum atomic E-state index is -0.819. The molecule has 1 aromatic rings. The van der Waals surface area contributed by atoms with Gasteiger partial charge in [-0.1, -0.05) is 0 Å².